The summed E-state index contributed by atoms with van der Waals surface area (Å²) in [6.07, 6.45) is 3.54. The molecular formula is C7H6FNO3. The quantitative estimate of drug-likeness (QED) is 0.369. The Morgan fingerprint density at radius 3 is 2.92 bits per heavy atom. The molecule has 1 rings (SSSR count). The van der Waals surface area contributed by atoms with Gasteiger partial charge in [0.25, 0.3) is 6.04 Å². The van der Waals surface area contributed by atoms with Crippen LogP contribution < -0.4 is 0 Å². The lowest BCUT2D eigenvalue weighted by Gasteiger charge is -2.07. The van der Waals surface area contributed by atoms with Crippen LogP contribution in [-0.4, -0.2) is 16.1 Å². The van der Waals surface area contributed by atoms with Gasteiger partial charge in [-0.1, -0.05) is 0 Å². The van der Waals surface area contributed by atoms with Gasteiger partial charge in [0.05, 0.1) is 11.8 Å². The zero-order chi connectivity index (χ0) is 9.14. The minimum absolute atomic E-state index is 0.0556. The van der Waals surface area contributed by atoms with Gasteiger partial charge < -0.3 is 5.11 Å². The Morgan fingerprint density at radius 2 is 2.42 bits per heavy atom. The SMILES string of the molecule is O=[N+]([O-])C1C=CC(F)=C/C1=C\O. The number of hydrogen-bond acceptors (Lipinski definition) is 3. The van der Waals surface area contributed by atoms with E-state index in [9.17, 15) is 14.5 Å². The van der Waals surface area contributed by atoms with E-state index in [2.05, 4.69) is 0 Å². The molecule has 0 heterocycles. The molecule has 1 aliphatic rings. The van der Waals surface area contributed by atoms with Crippen molar-refractivity contribution in [3.63, 3.8) is 0 Å². The first-order valence-corrected chi connectivity index (χ1v) is 3.18. The maximum Gasteiger partial charge on any atom is 0.259 e. The molecule has 12 heavy (non-hydrogen) atoms. The number of aliphatic hydroxyl groups excluding tert-OH is 1. The van der Waals surface area contributed by atoms with Gasteiger partial charge in [0.2, 0.25) is 0 Å². The Balaban J connectivity index is 2.96. The van der Waals surface area contributed by atoms with Crippen LogP contribution >= 0.6 is 0 Å². The van der Waals surface area contributed by atoms with E-state index >= 15 is 0 Å². The van der Waals surface area contributed by atoms with Gasteiger partial charge in [0, 0.05) is 4.92 Å². The second-order valence-corrected chi connectivity index (χ2v) is 2.25. The van der Waals surface area contributed by atoms with Crippen LogP contribution in [0.5, 0.6) is 0 Å². The van der Waals surface area contributed by atoms with Gasteiger partial charge in [0.15, 0.2) is 0 Å². The summed E-state index contributed by atoms with van der Waals surface area (Å²) in [7, 11) is 0. The Labute approximate surface area is 67.5 Å². The van der Waals surface area contributed by atoms with Crippen LogP contribution in [0.15, 0.2) is 35.9 Å². The van der Waals surface area contributed by atoms with Gasteiger partial charge >= 0.3 is 0 Å². The zero-order valence-electron chi connectivity index (χ0n) is 5.98. The molecular weight excluding hydrogens is 165 g/mol. The van der Waals surface area contributed by atoms with Gasteiger partial charge in [0.1, 0.15) is 5.83 Å². The van der Waals surface area contributed by atoms with Crippen molar-refractivity contribution in [1.82, 2.24) is 0 Å². The van der Waals surface area contributed by atoms with E-state index in [-0.39, 0.29) is 5.57 Å². The molecule has 0 bridgehead atoms. The smallest absolute Gasteiger partial charge is 0.259 e. The average Bonchev–Trinajstić information content (AvgIpc) is 2.03. The number of halogens is 1. The predicted octanol–water partition coefficient (Wildman–Crippen LogP) is 1.50. The van der Waals surface area contributed by atoms with Crippen LogP contribution in [0.3, 0.4) is 0 Å². The summed E-state index contributed by atoms with van der Waals surface area (Å²) >= 11 is 0. The Bertz CT molecular complexity index is 293. The summed E-state index contributed by atoms with van der Waals surface area (Å²) in [5.74, 6) is -0.603. The van der Waals surface area contributed by atoms with Crippen molar-refractivity contribution in [3.8, 4) is 0 Å². The molecule has 0 aromatic heterocycles. The summed E-state index contributed by atoms with van der Waals surface area (Å²) in [5.41, 5.74) is -0.0556. The number of nitro groups is 1. The summed E-state index contributed by atoms with van der Waals surface area (Å²) < 4.78 is 12.5. The molecule has 1 unspecified atom stereocenters. The van der Waals surface area contributed by atoms with Crippen molar-refractivity contribution >= 4 is 0 Å². The molecule has 0 aromatic rings. The van der Waals surface area contributed by atoms with Gasteiger partial charge in [-0.3, -0.25) is 10.1 Å². The lowest BCUT2D eigenvalue weighted by Crippen LogP contribution is -2.20. The maximum atomic E-state index is 12.5. The van der Waals surface area contributed by atoms with Crippen molar-refractivity contribution in [2.75, 3.05) is 0 Å². The highest BCUT2D eigenvalue weighted by molar-refractivity contribution is 5.36. The van der Waals surface area contributed by atoms with Crippen LogP contribution in [0.1, 0.15) is 0 Å². The fourth-order valence-electron chi connectivity index (χ4n) is 0.893. The van der Waals surface area contributed by atoms with Gasteiger partial charge in [-0.2, -0.15) is 0 Å². The zero-order valence-corrected chi connectivity index (χ0v) is 5.98. The first-order chi connectivity index (χ1) is 5.65. The van der Waals surface area contributed by atoms with Crippen LogP contribution in [0.4, 0.5) is 4.39 Å². The monoisotopic (exact) mass is 171 g/mol. The maximum absolute atomic E-state index is 12.5. The van der Waals surface area contributed by atoms with Crippen molar-refractivity contribution in [3.05, 3.63) is 46.0 Å². The minimum Gasteiger partial charge on any atom is -0.515 e. The molecule has 1 atom stereocenters. The normalized spacial score (nSPS) is 25.6. The molecule has 0 saturated carbocycles. The molecule has 64 valence electrons. The van der Waals surface area contributed by atoms with Crippen molar-refractivity contribution in [1.29, 1.82) is 0 Å². The number of allylic oxidation sites excluding steroid dienone is 2. The van der Waals surface area contributed by atoms with E-state index in [0.29, 0.717) is 6.26 Å². The molecule has 5 heteroatoms. The van der Waals surface area contributed by atoms with Crippen molar-refractivity contribution in [2.24, 2.45) is 0 Å². The minimum atomic E-state index is -1.14. The van der Waals surface area contributed by atoms with Crippen LogP contribution in [-0.2, 0) is 0 Å². The number of rotatable bonds is 1. The summed E-state index contributed by atoms with van der Waals surface area (Å²) in [6, 6.07) is -1.14. The lowest BCUT2D eigenvalue weighted by atomic mass is 10.0. The van der Waals surface area contributed by atoms with Crippen molar-refractivity contribution < 1.29 is 14.4 Å². The van der Waals surface area contributed by atoms with E-state index in [0.717, 1.165) is 18.2 Å². The van der Waals surface area contributed by atoms with E-state index < -0.39 is 16.8 Å². The highest BCUT2D eigenvalue weighted by Crippen LogP contribution is 2.18. The third kappa shape index (κ3) is 1.50. The molecule has 0 radical (unpaired) electrons. The van der Waals surface area contributed by atoms with Gasteiger partial charge in [-0.25, -0.2) is 4.39 Å². The molecule has 0 spiro atoms. The summed E-state index contributed by atoms with van der Waals surface area (Å²) in [5, 5.41) is 18.8. The highest BCUT2D eigenvalue weighted by Gasteiger charge is 2.24. The summed E-state index contributed by atoms with van der Waals surface area (Å²) in [4.78, 5) is 9.67. The predicted molar refractivity (Wildman–Crippen MR) is 39.8 cm³/mol. The number of nitrogens with zero attached hydrogens (tertiary/aromatic N) is 1. The van der Waals surface area contributed by atoms with Gasteiger partial charge in [-0.05, 0) is 18.2 Å². The largest absolute Gasteiger partial charge is 0.515 e. The second kappa shape index (κ2) is 3.17. The van der Waals surface area contributed by atoms with E-state index in [1.165, 1.54) is 0 Å². The number of hydrogen-bond donors (Lipinski definition) is 1. The topological polar surface area (TPSA) is 63.4 Å². The lowest BCUT2D eigenvalue weighted by molar-refractivity contribution is -0.498. The van der Waals surface area contributed by atoms with Crippen LogP contribution in [0, 0.1) is 10.1 Å². The Hall–Kier alpha value is -1.65. The molecule has 1 N–H and O–H groups in total. The third-order valence-electron chi connectivity index (χ3n) is 1.46. The first-order valence-electron chi connectivity index (χ1n) is 3.18. The number of aliphatic hydroxyl groups is 1. The molecule has 0 saturated heterocycles. The first kappa shape index (κ1) is 8.45. The molecule has 4 nitrogen and oxygen atoms in total. The van der Waals surface area contributed by atoms with E-state index in [1.54, 1.807) is 0 Å². The van der Waals surface area contributed by atoms with Crippen molar-refractivity contribution in [2.45, 2.75) is 6.04 Å². The molecule has 0 aromatic carbocycles. The molecule has 0 fully saturated rings. The third-order valence-corrected chi connectivity index (χ3v) is 1.46. The Kier molecular flexibility index (Phi) is 2.23. The molecule has 0 amide bonds. The average molecular weight is 171 g/mol. The standard InChI is InChI=1S/C7H6FNO3/c8-6-1-2-7(9(11)12)5(3-6)4-10/h1-4,7,10H/b5-4+. The highest BCUT2D eigenvalue weighted by atomic mass is 19.1. The Morgan fingerprint density at radius 1 is 1.75 bits per heavy atom. The van der Waals surface area contributed by atoms with Crippen LogP contribution in [0.2, 0.25) is 0 Å². The van der Waals surface area contributed by atoms with Crippen LogP contribution in [0.25, 0.3) is 0 Å². The summed E-state index contributed by atoms with van der Waals surface area (Å²) in [6.45, 7) is 0. The van der Waals surface area contributed by atoms with E-state index in [4.69, 9.17) is 5.11 Å². The second-order valence-electron chi connectivity index (χ2n) is 2.25. The fourth-order valence-corrected chi connectivity index (χ4v) is 0.893. The molecule has 1 aliphatic carbocycles. The molecule has 0 aliphatic heterocycles. The fraction of sp³-hybridized carbons (Fsp3) is 0.143. The van der Waals surface area contributed by atoms with E-state index in [1.807, 2.05) is 0 Å². The van der Waals surface area contributed by atoms with Gasteiger partial charge in [-0.15, -0.1) is 0 Å².